The Kier molecular flexibility index (Phi) is 5.98. The van der Waals surface area contributed by atoms with Gasteiger partial charge in [0.15, 0.2) is 0 Å². The Morgan fingerprint density at radius 1 is 1.21 bits per heavy atom. The first-order chi connectivity index (χ1) is 9.27. The number of hydrogen-bond donors (Lipinski definition) is 2. The van der Waals surface area contributed by atoms with Crippen LogP contribution in [0, 0.1) is 0 Å². The average molecular weight is 285 g/mol. The molecule has 0 radical (unpaired) electrons. The number of hydrogen-bond acceptors (Lipinski definition) is 4. The lowest BCUT2D eigenvalue weighted by Crippen LogP contribution is -2.59. The van der Waals surface area contributed by atoms with E-state index in [1.54, 1.807) is 0 Å². The van der Waals surface area contributed by atoms with Gasteiger partial charge >= 0.3 is 0 Å². The van der Waals surface area contributed by atoms with Gasteiger partial charge in [0.05, 0.1) is 0 Å². The Hall–Kier alpha value is -0.260. The number of carbonyl (C=O) groups is 1. The molecule has 1 heterocycles. The van der Waals surface area contributed by atoms with E-state index in [4.69, 9.17) is 5.73 Å². The quantitative estimate of drug-likeness (QED) is 0.797. The van der Waals surface area contributed by atoms with Crippen molar-refractivity contribution in [3.63, 3.8) is 0 Å². The van der Waals surface area contributed by atoms with Crippen LogP contribution in [-0.4, -0.2) is 54.0 Å². The first-order valence-electron chi connectivity index (χ1n) is 7.56. The minimum Gasteiger partial charge on any atom is -0.354 e. The van der Waals surface area contributed by atoms with Crippen molar-refractivity contribution < 1.29 is 4.79 Å². The molecule has 0 unspecified atom stereocenters. The van der Waals surface area contributed by atoms with Gasteiger partial charge in [-0.05, 0) is 12.8 Å². The lowest BCUT2D eigenvalue weighted by molar-refractivity contribution is -0.121. The summed E-state index contributed by atoms with van der Waals surface area (Å²) in [7, 11) is 0. The zero-order valence-electron chi connectivity index (χ0n) is 11.8. The van der Waals surface area contributed by atoms with E-state index < -0.39 is 0 Å². The van der Waals surface area contributed by atoms with E-state index in [1.165, 1.54) is 56.7 Å². The van der Waals surface area contributed by atoms with Crippen LogP contribution in [0.5, 0.6) is 0 Å². The maximum absolute atomic E-state index is 11.7. The molecule has 1 amide bonds. The van der Waals surface area contributed by atoms with Crippen molar-refractivity contribution in [1.29, 1.82) is 0 Å². The van der Waals surface area contributed by atoms with Gasteiger partial charge in [0.2, 0.25) is 5.91 Å². The van der Waals surface area contributed by atoms with Gasteiger partial charge in [0.25, 0.3) is 0 Å². The van der Waals surface area contributed by atoms with Gasteiger partial charge in [0.1, 0.15) is 0 Å². The lowest BCUT2D eigenvalue weighted by Gasteiger charge is -2.48. The lowest BCUT2D eigenvalue weighted by atomic mass is 9.80. The van der Waals surface area contributed by atoms with Crippen molar-refractivity contribution in [2.75, 3.05) is 37.7 Å². The summed E-state index contributed by atoms with van der Waals surface area (Å²) < 4.78 is 0. The zero-order valence-corrected chi connectivity index (χ0v) is 12.6. The van der Waals surface area contributed by atoms with Gasteiger partial charge in [-0.25, -0.2) is 0 Å². The summed E-state index contributed by atoms with van der Waals surface area (Å²) in [5, 5.41) is 3.12. The molecule has 0 spiro atoms. The molecule has 0 atom stereocenters. The maximum Gasteiger partial charge on any atom is 0.221 e. The van der Waals surface area contributed by atoms with Crippen molar-refractivity contribution >= 4 is 17.7 Å². The summed E-state index contributed by atoms with van der Waals surface area (Å²) in [5.74, 6) is 2.58. The highest BCUT2D eigenvalue weighted by Crippen LogP contribution is 2.34. The van der Waals surface area contributed by atoms with Crippen LogP contribution < -0.4 is 11.1 Å². The molecule has 2 aliphatic rings. The third kappa shape index (κ3) is 4.10. The second-order valence-electron chi connectivity index (χ2n) is 5.70. The van der Waals surface area contributed by atoms with Crippen LogP contribution in [0.15, 0.2) is 0 Å². The highest BCUT2D eigenvalue weighted by atomic mass is 32.2. The fraction of sp³-hybridized carbons (Fsp3) is 0.929. The first kappa shape index (κ1) is 15.1. The number of thioether (sulfide) groups is 1. The summed E-state index contributed by atoms with van der Waals surface area (Å²) in [6.07, 6.45) is 6.88. The van der Waals surface area contributed by atoms with Crippen molar-refractivity contribution in [3.8, 4) is 0 Å². The second kappa shape index (κ2) is 7.50. The molecule has 0 aromatic heterocycles. The van der Waals surface area contributed by atoms with Crippen LogP contribution in [0.4, 0.5) is 0 Å². The summed E-state index contributed by atoms with van der Waals surface area (Å²) in [6, 6.07) is 0. The molecular weight excluding hydrogens is 258 g/mol. The number of nitrogens with zero attached hydrogens (tertiary/aromatic N) is 1. The molecule has 3 N–H and O–H groups in total. The summed E-state index contributed by atoms with van der Waals surface area (Å²) in [4.78, 5) is 14.3. The van der Waals surface area contributed by atoms with E-state index >= 15 is 0 Å². The van der Waals surface area contributed by atoms with Gasteiger partial charge in [-0.15, -0.1) is 0 Å². The predicted molar refractivity (Wildman–Crippen MR) is 81.4 cm³/mol. The topological polar surface area (TPSA) is 58.4 Å². The third-order valence-corrected chi connectivity index (χ3v) is 5.39. The normalized spacial score (nSPS) is 24.1. The van der Waals surface area contributed by atoms with Gasteiger partial charge < -0.3 is 11.1 Å². The van der Waals surface area contributed by atoms with Crippen molar-refractivity contribution in [3.05, 3.63) is 0 Å². The second-order valence-corrected chi connectivity index (χ2v) is 6.92. The van der Waals surface area contributed by atoms with Crippen LogP contribution in [0.2, 0.25) is 0 Å². The van der Waals surface area contributed by atoms with Gasteiger partial charge in [-0.1, -0.05) is 19.3 Å². The van der Waals surface area contributed by atoms with E-state index in [0.29, 0.717) is 13.0 Å². The molecule has 1 aliphatic heterocycles. The number of rotatable bonds is 5. The van der Waals surface area contributed by atoms with Crippen molar-refractivity contribution in [1.82, 2.24) is 10.2 Å². The standard InChI is InChI=1S/C14H27N3OS/c15-7-4-13(18)16-12-14(5-2-1-3-6-14)17-8-10-19-11-9-17/h1-12,15H2,(H,16,18). The molecule has 1 saturated carbocycles. The molecule has 0 aromatic carbocycles. The van der Waals surface area contributed by atoms with Crippen LogP contribution in [0.25, 0.3) is 0 Å². The molecule has 4 nitrogen and oxygen atoms in total. The fourth-order valence-electron chi connectivity index (χ4n) is 3.33. The molecule has 0 aromatic rings. The molecule has 2 rings (SSSR count). The van der Waals surface area contributed by atoms with Gasteiger partial charge in [-0.3, -0.25) is 9.69 Å². The molecule has 110 valence electrons. The smallest absolute Gasteiger partial charge is 0.221 e. The van der Waals surface area contributed by atoms with E-state index in [2.05, 4.69) is 10.2 Å². The average Bonchev–Trinajstić information content (AvgIpc) is 2.47. The van der Waals surface area contributed by atoms with Crippen LogP contribution in [-0.2, 0) is 4.79 Å². The van der Waals surface area contributed by atoms with Gasteiger partial charge in [0, 0.05) is 49.6 Å². The summed E-state index contributed by atoms with van der Waals surface area (Å²) in [5.41, 5.74) is 5.67. The Bertz CT molecular complexity index is 286. The van der Waals surface area contributed by atoms with Crippen LogP contribution in [0.3, 0.4) is 0 Å². The molecule has 1 saturated heterocycles. The molecule has 5 heteroatoms. The van der Waals surface area contributed by atoms with Gasteiger partial charge in [-0.2, -0.15) is 11.8 Å². The number of carbonyl (C=O) groups excluding carboxylic acids is 1. The highest BCUT2D eigenvalue weighted by Gasteiger charge is 2.38. The van der Waals surface area contributed by atoms with E-state index in [9.17, 15) is 4.79 Å². The molecule has 1 aliphatic carbocycles. The third-order valence-electron chi connectivity index (χ3n) is 4.45. The van der Waals surface area contributed by atoms with E-state index in [1.807, 2.05) is 11.8 Å². The predicted octanol–water partition coefficient (Wildman–Crippen LogP) is 1.20. The van der Waals surface area contributed by atoms with Crippen LogP contribution in [0.1, 0.15) is 38.5 Å². The zero-order chi connectivity index (χ0) is 13.6. The summed E-state index contributed by atoms with van der Waals surface area (Å²) >= 11 is 2.05. The maximum atomic E-state index is 11.7. The monoisotopic (exact) mass is 285 g/mol. The molecule has 0 bridgehead atoms. The van der Waals surface area contributed by atoms with E-state index in [-0.39, 0.29) is 11.4 Å². The Labute approximate surface area is 120 Å². The minimum atomic E-state index is 0.110. The summed E-state index contributed by atoms with van der Waals surface area (Å²) in [6.45, 7) is 3.62. The highest BCUT2D eigenvalue weighted by molar-refractivity contribution is 7.99. The Morgan fingerprint density at radius 3 is 2.53 bits per heavy atom. The molecule has 19 heavy (non-hydrogen) atoms. The SMILES string of the molecule is NCCC(=O)NCC1(N2CCSCC2)CCCCC1. The number of nitrogens with one attached hydrogen (secondary N) is 1. The fourth-order valence-corrected chi connectivity index (χ4v) is 4.24. The number of amides is 1. The largest absolute Gasteiger partial charge is 0.354 e. The van der Waals surface area contributed by atoms with E-state index in [0.717, 1.165) is 6.54 Å². The first-order valence-corrected chi connectivity index (χ1v) is 8.72. The Morgan fingerprint density at radius 2 is 1.89 bits per heavy atom. The van der Waals surface area contributed by atoms with Crippen molar-refractivity contribution in [2.24, 2.45) is 5.73 Å². The van der Waals surface area contributed by atoms with Crippen molar-refractivity contribution in [2.45, 2.75) is 44.1 Å². The minimum absolute atomic E-state index is 0.110. The Balaban J connectivity index is 1.95. The number of nitrogens with two attached hydrogens (primary N) is 1. The molecular formula is C14H27N3OS. The van der Waals surface area contributed by atoms with Crippen LogP contribution >= 0.6 is 11.8 Å². The molecule has 2 fully saturated rings.